The summed E-state index contributed by atoms with van der Waals surface area (Å²) in [6, 6.07) is 8.23. The first-order valence-electron chi connectivity index (χ1n) is 6.66. The molecule has 0 aliphatic carbocycles. The smallest absolute Gasteiger partial charge is 0.220 e. The Morgan fingerprint density at radius 1 is 1.05 bits per heavy atom. The van der Waals surface area contributed by atoms with Crippen molar-refractivity contribution in [2.24, 2.45) is 4.99 Å². The monoisotopic (exact) mass is 320 g/mol. The fourth-order valence-corrected chi connectivity index (χ4v) is 2.88. The lowest BCUT2D eigenvalue weighted by Crippen LogP contribution is -2.13. The molecule has 5 heteroatoms. The van der Waals surface area contributed by atoms with Gasteiger partial charge >= 0.3 is 0 Å². The van der Waals surface area contributed by atoms with E-state index in [9.17, 15) is 0 Å². The second-order valence-corrected chi connectivity index (χ2v) is 5.91. The second kappa shape index (κ2) is 5.66. The van der Waals surface area contributed by atoms with Crippen molar-refractivity contribution in [1.82, 2.24) is 4.98 Å². The number of hydrogen-bond donors (Lipinski definition) is 0. The van der Waals surface area contributed by atoms with Crippen molar-refractivity contribution < 1.29 is 4.74 Å². The highest BCUT2D eigenvalue weighted by atomic mass is 35.5. The van der Waals surface area contributed by atoms with Gasteiger partial charge in [0, 0.05) is 12.4 Å². The lowest BCUT2D eigenvalue weighted by atomic mass is 10.0. The van der Waals surface area contributed by atoms with Crippen LogP contribution in [0.25, 0.3) is 0 Å². The Balaban J connectivity index is 1.99. The molecule has 2 heterocycles. The molecule has 0 fully saturated rings. The molecular formula is C16H14Cl2N2O. The fraction of sp³-hybridized carbons (Fsp3) is 0.250. The van der Waals surface area contributed by atoms with E-state index in [0.29, 0.717) is 21.5 Å². The van der Waals surface area contributed by atoms with Gasteiger partial charge in [-0.2, -0.15) is 0 Å². The number of aliphatic imine (C=N–C) groups is 1. The quantitative estimate of drug-likeness (QED) is 0.810. The number of nitrogens with zero attached hydrogens (tertiary/aromatic N) is 2. The summed E-state index contributed by atoms with van der Waals surface area (Å²) in [4.78, 5) is 8.61. The molecule has 3 rings (SSSR count). The molecule has 21 heavy (non-hydrogen) atoms. The number of pyridine rings is 1. The van der Waals surface area contributed by atoms with Gasteiger partial charge in [0.2, 0.25) is 5.90 Å². The van der Waals surface area contributed by atoms with E-state index in [1.54, 1.807) is 12.4 Å². The zero-order valence-electron chi connectivity index (χ0n) is 11.7. The summed E-state index contributed by atoms with van der Waals surface area (Å²) in [5.41, 5.74) is 2.94. The first-order valence-corrected chi connectivity index (χ1v) is 7.42. The Bertz CT molecular complexity index is 678. The number of benzene rings is 1. The minimum absolute atomic E-state index is 0.0547. The average Bonchev–Trinajstić information content (AvgIpc) is 2.81. The number of aromatic nitrogens is 1. The molecule has 2 atom stereocenters. The van der Waals surface area contributed by atoms with E-state index in [4.69, 9.17) is 27.9 Å². The second-order valence-electron chi connectivity index (χ2n) is 5.09. The molecule has 1 aliphatic rings. The zero-order chi connectivity index (χ0) is 15.0. The molecule has 3 nitrogen and oxygen atoms in total. The van der Waals surface area contributed by atoms with E-state index in [2.05, 4.69) is 41.2 Å². The number of aryl methyl sites for hydroxylation is 1. The van der Waals surface area contributed by atoms with E-state index >= 15 is 0 Å². The molecule has 1 unspecified atom stereocenters. The molecule has 1 aromatic heterocycles. The molecule has 0 saturated heterocycles. The van der Waals surface area contributed by atoms with Crippen molar-refractivity contribution in [3.05, 3.63) is 63.4 Å². The van der Waals surface area contributed by atoms with E-state index in [1.807, 2.05) is 6.92 Å². The van der Waals surface area contributed by atoms with Crippen LogP contribution < -0.4 is 0 Å². The number of halogens is 2. The van der Waals surface area contributed by atoms with Crippen molar-refractivity contribution in [2.45, 2.75) is 26.0 Å². The maximum atomic E-state index is 6.16. The maximum absolute atomic E-state index is 6.16. The Labute approximate surface area is 133 Å². The molecule has 108 valence electrons. The summed E-state index contributed by atoms with van der Waals surface area (Å²) in [6.45, 7) is 4.05. The topological polar surface area (TPSA) is 34.5 Å². The van der Waals surface area contributed by atoms with Gasteiger partial charge in [-0.3, -0.25) is 4.98 Å². The highest BCUT2D eigenvalue weighted by molar-refractivity contribution is 6.39. The molecule has 0 N–H and O–H groups in total. The van der Waals surface area contributed by atoms with Gasteiger partial charge in [-0.1, -0.05) is 53.0 Å². The molecule has 1 aliphatic heterocycles. The van der Waals surface area contributed by atoms with Crippen LogP contribution >= 0.6 is 23.2 Å². The van der Waals surface area contributed by atoms with Gasteiger partial charge in [-0.05, 0) is 19.4 Å². The van der Waals surface area contributed by atoms with Crippen LogP contribution in [0.4, 0.5) is 0 Å². The van der Waals surface area contributed by atoms with E-state index in [1.165, 1.54) is 5.56 Å². The molecular weight excluding hydrogens is 307 g/mol. The number of ether oxygens (including phenoxy) is 1. The van der Waals surface area contributed by atoms with E-state index in [-0.39, 0.29) is 12.1 Å². The van der Waals surface area contributed by atoms with Gasteiger partial charge in [0.05, 0.1) is 15.6 Å². The summed E-state index contributed by atoms with van der Waals surface area (Å²) in [7, 11) is 0. The largest absolute Gasteiger partial charge is 0.472 e. The average molecular weight is 321 g/mol. The van der Waals surface area contributed by atoms with E-state index in [0.717, 1.165) is 5.56 Å². The van der Waals surface area contributed by atoms with E-state index < -0.39 is 0 Å². The summed E-state index contributed by atoms with van der Waals surface area (Å²) >= 11 is 12.3. The van der Waals surface area contributed by atoms with Gasteiger partial charge in [-0.15, -0.1) is 0 Å². The number of rotatable bonds is 2. The van der Waals surface area contributed by atoms with Crippen molar-refractivity contribution in [1.29, 1.82) is 0 Å². The Hall–Kier alpha value is -1.58. The first kappa shape index (κ1) is 14.4. The minimum Gasteiger partial charge on any atom is -0.472 e. The van der Waals surface area contributed by atoms with Crippen molar-refractivity contribution in [2.75, 3.05) is 0 Å². The van der Waals surface area contributed by atoms with Crippen LogP contribution in [-0.4, -0.2) is 17.0 Å². The molecule has 0 spiro atoms. The minimum atomic E-state index is -0.0667. The van der Waals surface area contributed by atoms with Crippen LogP contribution in [-0.2, 0) is 4.74 Å². The molecule has 0 amide bonds. The van der Waals surface area contributed by atoms with Crippen LogP contribution in [0.2, 0.25) is 10.0 Å². The van der Waals surface area contributed by atoms with Crippen molar-refractivity contribution >= 4 is 29.1 Å². The fourth-order valence-electron chi connectivity index (χ4n) is 2.35. The third kappa shape index (κ3) is 2.76. The predicted octanol–water partition coefficient (Wildman–Crippen LogP) is 4.60. The summed E-state index contributed by atoms with van der Waals surface area (Å²) in [6.07, 6.45) is 3.01. The zero-order valence-corrected chi connectivity index (χ0v) is 13.2. The SMILES string of the molecule is Cc1ccc(C2N=C(c3c(Cl)cncc3Cl)O[C@@H]2C)cc1. The van der Waals surface area contributed by atoms with Gasteiger partial charge in [0.1, 0.15) is 12.1 Å². The highest BCUT2D eigenvalue weighted by Crippen LogP contribution is 2.34. The van der Waals surface area contributed by atoms with Crippen molar-refractivity contribution in [3.63, 3.8) is 0 Å². The summed E-state index contributed by atoms with van der Waals surface area (Å²) in [5, 5.41) is 0.885. The number of hydrogen-bond acceptors (Lipinski definition) is 3. The Kier molecular flexibility index (Phi) is 3.87. The molecule has 1 aromatic carbocycles. The normalized spacial score (nSPS) is 21.0. The van der Waals surface area contributed by atoms with Gasteiger partial charge in [0.25, 0.3) is 0 Å². The van der Waals surface area contributed by atoms with Crippen LogP contribution in [0.1, 0.15) is 29.7 Å². The standard InChI is InChI=1S/C16H14Cl2N2O/c1-9-3-5-11(6-4-9)15-10(2)21-16(20-15)14-12(17)7-19-8-13(14)18/h3-8,10,15H,1-2H3/t10-,15?/m1/s1. The Morgan fingerprint density at radius 2 is 1.67 bits per heavy atom. The summed E-state index contributed by atoms with van der Waals surface area (Å²) < 4.78 is 5.86. The summed E-state index contributed by atoms with van der Waals surface area (Å²) in [5.74, 6) is 0.477. The molecule has 0 saturated carbocycles. The molecule has 0 radical (unpaired) electrons. The van der Waals surface area contributed by atoms with Crippen LogP contribution in [0.15, 0.2) is 41.7 Å². The lowest BCUT2D eigenvalue weighted by molar-refractivity contribution is 0.214. The van der Waals surface area contributed by atoms with Crippen LogP contribution in [0.3, 0.4) is 0 Å². The van der Waals surface area contributed by atoms with Gasteiger partial charge in [0.15, 0.2) is 0 Å². The lowest BCUT2D eigenvalue weighted by Gasteiger charge is -2.13. The maximum Gasteiger partial charge on any atom is 0.220 e. The Morgan fingerprint density at radius 3 is 2.29 bits per heavy atom. The molecule has 0 bridgehead atoms. The van der Waals surface area contributed by atoms with Gasteiger partial charge in [-0.25, -0.2) is 4.99 Å². The molecule has 2 aromatic rings. The first-order chi connectivity index (χ1) is 10.1. The predicted molar refractivity (Wildman–Crippen MR) is 85.3 cm³/mol. The third-order valence-corrected chi connectivity index (χ3v) is 4.06. The van der Waals surface area contributed by atoms with Crippen LogP contribution in [0.5, 0.6) is 0 Å². The third-order valence-electron chi connectivity index (χ3n) is 3.48. The van der Waals surface area contributed by atoms with Crippen molar-refractivity contribution in [3.8, 4) is 0 Å². The van der Waals surface area contributed by atoms with Gasteiger partial charge < -0.3 is 4.74 Å². The van der Waals surface area contributed by atoms with Crippen LogP contribution in [0, 0.1) is 6.92 Å². The highest BCUT2D eigenvalue weighted by Gasteiger charge is 2.31.